The molecule has 0 heterocycles. The molecule has 2 saturated carbocycles. The van der Waals surface area contributed by atoms with Crippen molar-refractivity contribution in [2.75, 3.05) is 7.11 Å². The molecular formula is C16H26O. The highest BCUT2D eigenvalue weighted by molar-refractivity contribution is 5.06. The average Bonchev–Trinajstić information content (AvgIpc) is 2.40. The van der Waals surface area contributed by atoms with E-state index in [0.29, 0.717) is 0 Å². The normalized spacial score (nSPS) is 30.0. The van der Waals surface area contributed by atoms with Crippen LogP contribution in [0, 0.1) is 11.8 Å². The van der Waals surface area contributed by atoms with E-state index in [2.05, 4.69) is 13.0 Å². The Labute approximate surface area is 106 Å². The first-order valence-corrected chi connectivity index (χ1v) is 7.18. The van der Waals surface area contributed by atoms with Gasteiger partial charge in [-0.25, -0.2) is 0 Å². The van der Waals surface area contributed by atoms with Crippen molar-refractivity contribution >= 4 is 0 Å². The molecule has 1 nitrogen and oxygen atoms in total. The first kappa shape index (κ1) is 12.7. The lowest BCUT2D eigenvalue weighted by Gasteiger charge is -2.34. The molecule has 0 aromatic rings. The van der Waals surface area contributed by atoms with E-state index in [4.69, 9.17) is 4.74 Å². The molecule has 0 spiro atoms. The predicted octanol–water partition coefficient (Wildman–Crippen LogP) is 4.84. The lowest BCUT2D eigenvalue weighted by Crippen LogP contribution is -2.21. The number of ether oxygens (including phenoxy) is 1. The van der Waals surface area contributed by atoms with Crippen molar-refractivity contribution in [3.8, 4) is 0 Å². The largest absolute Gasteiger partial charge is 0.504 e. The Morgan fingerprint density at radius 3 is 1.76 bits per heavy atom. The highest BCUT2D eigenvalue weighted by atomic mass is 16.5. The smallest absolute Gasteiger partial charge is 0.0816 e. The quantitative estimate of drug-likeness (QED) is 0.490. The highest BCUT2D eigenvalue weighted by Gasteiger charge is 2.27. The van der Waals surface area contributed by atoms with Crippen LogP contribution >= 0.6 is 0 Å². The van der Waals surface area contributed by atoms with Gasteiger partial charge in [-0.3, -0.25) is 0 Å². The molecule has 0 aromatic heterocycles. The summed E-state index contributed by atoms with van der Waals surface area (Å²) in [5, 5.41) is 0. The zero-order chi connectivity index (χ0) is 12.1. The van der Waals surface area contributed by atoms with Gasteiger partial charge in [0.2, 0.25) is 0 Å². The molecular weight excluding hydrogens is 208 g/mol. The third kappa shape index (κ3) is 3.37. The van der Waals surface area contributed by atoms with E-state index in [1.54, 1.807) is 12.7 Å². The van der Waals surface area contributed by atoms with Gasteiger partial charge in [-0.15, -0.1) is 0 Å². The summed E-state index contributed by atoms with van der Waals surface area (Å²) >= 11 is 0. The van der Waals surface area contributed by atoms with Crippen molar-refractivity contribution in [1.82, 2.24) is 0 Å². The molecule has 96 valence electrons. The topological polar surface area (TPSA) is 9.23 Å². The minimum Gasteiger partial charge on any atom is -0.504 e. The van der Waals surface area contributed by atoms with E-state index in [1.807, 2.05) is 6.26 Å². The summed E-state index contributed by atoms with van der Waals surface area (Å²) in [6.07, 6.45) is 15.2. The Hall–Kier alpha value is -0.720. The van der Waals surface area contributed by atoms with Crippen LogP contribution in [0.5, 0.6) is 0 Å². The Kier molecular flexibility index (Phi) is 4.70. The molecule has 1 heteroatoms. The first-order valence-electron chi connectivity index (χ1n) is 7.18. The van der Waals surface area contributed by atoms with Gasteiger partial charge in [0.05, 0.1) is 13.4 Å². The first-order chi connectivity index (χ1) is 8.33. The van der Waals surface area contributed by atoms with Crippen LogP contribution in [0.1, 0.15) is 58.3 Å². The second kappa shape index (κ2) is 6.28. The Morgan fingerprint density at radius 1 is 0.882 bits per heavy atom. The van der Waals surface area contributed by atoms with Crippen LogP contribution in [0.15, 0.2) is 23.5 Å². The lowest BCUT2D eigenvalue weighted by atomic mass is 9.71. The molecule has 2 rings (SSSR count). The van der Waals surface area contributed by atoms with Crippen LogP contribution in [0.3, 0.4) is 0 Å². The van der Waals surface area contributed by atoms with Gasteiger partial charge in [-0.1, -0.05) is 11.6 Å². The summed E-state index contributed by atoms with van der Waals surface area (Å²) in [6.45, 7) is 2.19. The van der Waals surface area contributed by atoms with Crippen LogP contribution in [-0.2, 0) is 4.74 Å². The number of hydrogen-bond acceptors (Lipinski definition) is 1. The fourth-order valence-electron chi connectivity index (χ4n) is 3.54. The van der Waals surface area contributed by atoms with Crippen LogP contribution in [-0.4, -0.2) is 7.11 Å². The zero-order valence-electron chi connectivity index (χ0n) is 11.4. The van der Waals surface area contributed by atoms with E-state index in [-0.39, 0.29) is 0 Å². The third-order valence-corrected chi connectivity index (χ3v) is 4.70. The second-order valence-corrected chi connectivity index (χ2v) is 5.63. The van der Waals surface area contributed by atoms with E-state index < -0.39 is 0 Å². The summed E-state index contributed by atoms with van der Waals surface area (Å²) in [4.78, 5) is 0. The Morgan fingerprint density at radius 2 is 1.35 bits per heavy atom. The summed E-state index contributed by atoms with van der Waals surface area (Å²) in [6, 6.07) is 0. The van der Waals surface area contributed by atoms with Crippen LogP contribution in [0.25, 0.3) is 0 Å². The number of allylic oxidation sites excluding steroid dienone is 3. The molecule has 0 bridgehead atoms. The van der Waals surface area contributed by atoms with Crippen molar-refractivity contribution in [3.63, 3.8) is 0 Å². The molecule has 0 aliphatic heterocycles. The standard InChI is InChI=1S/C16H26O/c1-3-13-4-8-15(9-5-13)16-10-6-14(7-11-16)12-17-2/h3,12,15-16H,4-11H2,1-2H3. The molecule has 2 aliphatic rings. The fourth-order valence-corrected chi connectivity index (χ4v) is 3.54. The van der Waals surface area contributed by atoms with Gasteiger partial charge in [0.25, 0.3) is 0 Å². The number of methoxy groups -OCH3 is 1. The zero-order valence-corrected chi connectivity index (χ0v) is 11.4. The minimum absolute atomic E-state index is 0.988. The van der Waals surface area contributed by atoms with E-state index >= 15 is 0 Å². The van der Waals surface area contributed by atoms with Crippen LogP contribution < -0.4 is 0 Å². The van der Waals surface area contributed by atoms with Crippen molar-refractivity contribution in [2.24, 2.45) is 11.8 Å². The van der Waals surface area contributed by atoms with Gasteiger partial charge in [0.1, 0.15) is 0 Å². The number of rotatable bonds is 2. The lowest BCUT2D eigenvalue weighted by molar-refractivity contribution is 0.226. The van der Waals surface area contributed by atoms with E-state index in [9.17, 15) is 0 Å². The predicted molar refractivity (Wildman–Crippen MR) is 72.8 cm³/mol. The van der Waals surface area contributed by atoms with Crippen molar-refractivity contribution in [3.05, 3.63) is 23.5 Å². The molecule has 0 saturated heterocycles. The van der Waals surface area contributed by atoms with Crippen molar-refractivity contribution in [2.45, 2.75) is 58.3 Å². The summed E-state index contributed by atoms with van der Waals surface area (Å²) in [5.74, 6) is 1.99. The van der Waals surface area contributed by atoms with Gasteiger partial charge in [0.15, 0.2) is 0 Å². The second-order valence-electron chi connectivity index (χ2n) is 5.63. The van der Waals surface area contributed by atoms with E-state index in [0.717, 1.165) is 11.8 Å². The average molecular weight is 234 g/mol. The maximum atomic E-state index is 5.12. The summed E-state index contributed by atoms with van der Waals surface area (Å²) in [7, 11) is 1.76. The third-order valence-electron chi connectivity index (χ3n) is 4.70. The Balaban J connectivity index is 1.80. The minimum atomic E-state index is 0.988. The van der Waals surface area contributed by atoms with Gasteiger partial charge < -0.3 is 4.74 Å². The van der Waals surface area contributed by atoms with Crippen molar-refractivity contribution < 1.29 is 4.74 Å². The monoisotopic (exact) mass is 234 g/mol. The molecule has 0 N–H and O–H groups in total. The molecule has 0 aromatic carbocycles. The molecule has 17 heavy (non-hydrogen) atoms. The summed E-state index contributed by atoms with van der Waals surface area (Å²) < 4.78 is 5.12. The number of hydrogen-bond donors (Lipinski definition) is 0. The molecule has 0 amide bonds. The van der Waals surface area contributed by atoms with Gasteiger partial charge >= 0.3 is 0 Å². The van der Waals surface area contributed by atoms with E-state index in [1.165, 1.54) is 56.9 Å². The molecule has 0 radical (unpaired) electrons. The van der Waals surface area contributed by atoms with Crippen LogP contribution in [0.4, 0.5) is 0 Å². The fraction of sp³-hybridized carbons (Fsp3) is 0.750. The van der Waals surface area contributed by atoms with Gasteiger partial charge in [-0.05, 0) is 75.7 Å². The maximum Gasteiger partial charge on any atom is 0.0816 e. The Bertz CT molecular complexity index is 281. The molecule has 2 aliphatic carbocycles. The SMILES string of the molecule is CC=C1CCC(C2CCC(=COC)CC2)CC1. The molecule has 0 atom stereocenters. The molecule has 2 fully saturated rings. The van der Waals surface area contributed by atoms with Gasteiger partial charge in [-0.2, -0.15) is 0 Å². The summed E-state index contributed by atoms with van der Waals surface area (Å²) in [5.41, 5.74) is 3.21. The maximum absolute atomic E-state index is 5.12. The van der Waals surface area contributed by atoms with Gasteiger partial charge in [0, 0.05) is 0 Å². The highest BCUT2D eigenvalue weighted by Crippen LogP contribution is 2.40. The molecule has 0 unspecified atom stereocenters. The van der Waals surface area contributed by atoms with Crippen LogP contribution in [0.2, 0.25) is 0 Å². The van der Waals surface area contributed by atoms with Crippen molar-refractivity contribution in [1.29, 1.82) is 0 Å².